The molecule has 21 heavy (non-hydrogen) atoms. The van der Waals surface area contributed by atoms with Gasteiger partial charge in [-0.2, -0.15) is 0 Å². The van der Waals surface area contributed by atoms with Gasteiger partial charge in [-0.15, -0.1) is 0 Å². The van der Waals surface area contributed by atoms with Gasteiger partial charge in [0.15, 0.2) is 0 Å². The Kier molecular flexibility index (Phi) is 5.96. The summed E-state index contributed by atoms with van der Waals surface area (Å²) in [5, 5.41) is 8.94. The molecule has 0 aliphatic heterocycles. The van der Waals surface area contributed by atoms with Crippen LogP contribution in [0.25, 0.3) is 6.08 Å². The first-order valence-corrected chi connectivity index (χ1v) is 6.65. The Balaban J connectivity index is 2.87. The molecule has 0 aliphatic rings. The molecule has 0 saturated carbocycles. The van der Waals surface area contributed by atoms with Gasteiger partial charge in [0, 0.05) is 6.08 Å². The summed E-state index contributed by atoms with van der Waals surface area (Å²) >= 11 is 0. The predicted octanol–water partition coefficient (Wildman–Crippen LogP) is 2.90. The van der Waals surface area contributed by atoms with Crippen LogP contribution in [-0.4, -0.2) is 29.8 Å². The summed E-state index contributed by atoms with van der Waals surface area (Å²) in [6.45, 7) is 3.64. The first kappa shape index (κ1) is 16.8. The lowest BCUT2D eigenvalue weighted by Gasteiger charge is -2.28. The van der Waals surface area contributed by atoms with Crippen molar-refractivity contribution in [2.45, 2.75) is 32.3 Å². The molecule has 0 aliphatic carbocycles. The smallest absolute Gasteiger partial charge is 0.330 e. The molecule has 0 saturated heterocycles. The van der Waals surface area contributed by atoms with E-state index in [0.717, 1.165) is 5.56 Å². The van der Waals surface area contributed by atoms with Crippen molar-refractivity contribution in [1.82, 2.24) is 0 Å². The normalized spacial score (nSPS) is 13.7. The van der Waals surface area contributed by atoms with Crippen molar-refractivity contribution in [2.75, 3.05) is 7.11 Å². The van der Waals surface area contributed by atoms with Gasteiger partial charge in [-0.3, -0.25) is 4.79 Å². The zero-order valence-electron chi connectivity index (χ0n) is 12.5. The van der Waals surface area contributed by atoms with E-state index in [1.165, 1.54) is 13.2 Å². The van der Waals surface area contributed by atoms with E-state index in [9.17, 15) is 9.59 Å². The van der Waals surface area contributed by atoms with Crippen molar-refractivity contribution < 1.29 is 24.2 Å². The summed E-state index contributed by atoms with van der Waals surface area (Å²) in [5.74, 6) is -0.778. The molecule has 5 heteroatoms. The SMILES string of the molecule is CCC(C)(CC(=O)O)Oc1cccc(/C=C/C(=O)OC)c1. The molecule has 114 valence electrons. The molecular formula is C16H20O5. The average Bonchev–Trinajstić information content (AvgIpc) is 2.44. The fourth-order valence-corrected chi connectivity index (χ4v) is 1.75. The summed E-state index contributed by atoms with van der Waals surface area (Å²) in [4.78, 5) is 22.0. The number of carbonyl (C=O) groups is 2. The number of rotatable bonds is 7. The second-order valence-corrected chi connectivity index (χ2v) is 4.91. The third-order valence-corrected chi connectivity index (χ3v) is 3.11. The predicted molar refractivity (Wildman–Crippen MR) is 79.1 cm³/mol. The standard InChI is InChI=1S/C16H20O5/c1-4-16(2,11-14(17)18)21-13-7-5-6-12(10-13)8-9-15(19)20-3/h5-10H,4,11H2,1-3H3,(H,17,18)/b9-8+. The van der Waals surface area contributed by atoms with Gasteiger partial charge in [-0.05, 0) is 37.1 Å². The van der Waals surface area contributed by atoms with Gasteiger partial charge in [-0.1, -0.05) is 19.1 Å². The monoisotopic (exact) mass is 292 g/mol. The zero-order valence-corrected chi connectivity index (χ0v) is 12.5. The third-order valence-electron chi connectivity index (χ3n) is 3.11. The highest BCUT2D eigenvalue weighted by atomic mass is 16.5. The van der Waals surface area contributed by atoms with Crippen LogP contribution in [0.15, 0.2) is 30.3 Å². The fourth-order valence-electron chi connectivity index (χ4n) is 1.75. The van der Waals surface area contributed by atoms with E-state index in [1.807, 2.05) is 13.0 Å². The van der Waals surface area contributed by atoms with Gasteiger partial charge in [-0.25, -0.2) is 4.79 Å². The van der Waals surface area contributed by atoms with E-state index in [-0.39, 0.29) is 6.42 Å². The van der Waals surface area contributed by atoms with E-state index in [0.29, 0.717) is 12.2 Å². The molecule has 1 aromatic rings. The molecule has 5 nitrogen and oxygen atoms in total. The third kappa shape index (κ3) is 5.69. The molecule has 0 fully saturated rings. The number of methoxy groups -OCH3 is 1. The van der Waals surface area contributed by atoms with Crippen LogP contribution in [0, 0.1) is 0 Å². The summed E-state index contributed by atoms with van der Waals surface area (Å²) < 4.78 is 10.3. The Morgan fingerprint density at radius 1 is 1.38 bits per heavy atom. The number of aliphatic carboxylic acids is 1. The lowest BCUT2D eigenvalue weighted by atomic mass is 9.99. The molecule has 0 spiro atoms. The molecule has 1 rings (SSSR count). The maximum absolute atomic E-state index is 11.1. The van der Waals surface area contributed by atoms with Crippen LogP contribution in [0.1, 0.15) is 32.3 Å². The van der Waals surface area contributed by atoms with Crippen molar-refractivity contribution in [2.24, 2.45) is 0 Å². The van der Waals surface area contributed by atoms with Crippen LogP contribution in [0.4, 0.5) is 0 Å². The lowest BCUT2D eigenvalue weighted by molar-refractivity contribution is -0.141. The van der Waals surface area contributed by atoms with E-state index in [1.54, 1.807) is 31.2 Å². The second-order valence-electron chi connectivity index (χ2n) is 4.91. The first-order valence-electron chi connectivity index (χ1n) is 6.65. The number of hydrogen-bond acceptors (Lipinski definition) is 4. The maximum Gasteiger partial charge on any atom is 0.330 e. The minimum absolute atomic E-state index is 0.0777. The zero-order chi connectivity index (χ0) is 15.9. The maximum atomic E-state index is 11.1. The van der Waals surface area contributed by atoms with Crippen molar-refractivity contribution in [3.8, 4) is 5.75 Å². The summed E-state index contributed by atoms with van der Waals surface area (Å²) in [6, 6.07) is 7.09. The minimum atomic E-state index is -0.902. The van der Waals surface area contributed by atoms with Gasteiger partial charge >= 0.3 is 11.9 Å². The highest BCUT2D eigenvalue weighted by molar-refractivity contribution is 5.86. The molecular weight excluding hydrogens is 272 g/mol. The van der Waals surface area contributed by atoms with Gasteiger partial charge in [0.1, 0.15) is 11.4 Å². The highest BCUT2D eigenvalue weighted by Gasteiger charge is 2.27. The van der Waals surface area contributed by atoms with Crippen LogP contribution in [0.2, 0.25) is 0 Å². The summed E-state index contributed by atoms with van der Waals surface area (Å²) in [6.07, 6.45) is 3.42. The van der Waals surface area contributed by atoms with Gasteiger partial charge in [0.2, 0.25) is 0 Å². The molecule has 1 aromatic carbocycles. The van der Waals surface area contributed by atoms with Crippen LogP contribution in [0.3, 0.4) is 0 Å². The molecule has 0 amide bonds. The van der Waals surface area contributed by atoms with Crippen molar-refractivity contribution >= 4 is 18.0 Å². The van der Waals surface area contributed by atoms with E-state index >= 15 is 0 Å². The van der Waals surface area contributed by atoms with Gasteiger partial charge in [0.05, 0.1) is 13.5 Å². The topological polar surface area (TPSA) is 72.8 Å². The van der Waals surface area contributed by atoms with E-state index in [4.69, 9.17) is 9.84 Å². The number of esters is 1. The van der Waals surface area contributed by atoms with Crippen LogP contribution in [-0.2, 0) is 14.3 Å². The molecule has 0 bridgehead atoms. The first-order chi connectivity index (χ1) is 9.88. The number of benzene rings is 1. The quantitative estimate of drug-likeness (QED) is 0.618. The number of carboxylic acids is 1. The summed E-state index contributed by atoms with van der Waals surface area (Å²) in [7, 11) is 1.31. The van der Waals surface area contributed by atoms with Crippen molar-refractivity contribution in [3.05, 3.63) is 35.9 Å². The molecule has 1 N–H and O–H groups in total. The van der Waals surface area contributed by atoms with Gasteiger partial charge in [0.25, 0.3) is 0 Å². The highest BCUT2D eigenvalue weighted by Crippen LogP contribution is 2.25. The van der Waals surface area contributed by atoms with Crippen LogP contribution >= 0.6 is 0 Å². The van der Waals surface area contributed by atoms with Crippen LogP contribution < -0.4 is 4.74 Å². The molecule has 1 atom stereocenters. The van der Waals surface area contributed by atoms with E-state index < -0.39 is 17.5 Å². The Labute approximate surface area is 124 Å². The number of ether oxygens (including phenoxy) is 2. The number of carbonyl (C=O) groups excluding carboxylic acids is 1. The average molecular weight is 292 g/mol. The second kappa shape index (κ2) is 7.47. The molecule has 0 heterocycles. The van der Waals surface area contributed by atoms with Crippen molar-refractivity contribution in [1.29, 1.82) is 0 Å². The summed E-state index contributed by atoms with van der Waals surface area (Å²) in [5.41, 5.74) is 0.00273. The Morgan fingerprint density at radius 2 is 2.10 bits per heavy atom. The Hall–Kier alpha value is -2.30. The molecule has 0 radical (unpaired) electrons. The van der Waals surface area contributed by atoms with E-state index in [2.05, 4.69) is 4.74 Å². The van der Waals surface area contributed by atoms with Gasteiger partial charge < -0.3 is 14.6 Å². The Morgan fingerprint density at radius 3 is 2.67 bits per heavy atom. The fraction of sp³-hybridized carbons (Fsp3) is 0.375. The largest absolute Gasteiger partial charge is 0.487 e. The minimum Gasteiger partial charge on any atom is -0.487 e. The number of hydrogen-bond donors (Lipinski definition) is 1. The van der Waals surface area contributed by atoms with Crippen molar-refractivity contribution in [3.63, 3.8) is 0 Å². The lowest BCUT2D eigenvalue weighted by Crippen LogP contribution is -2.34. The Bertz CT molecular complexity index is 535. The molecule has 1 unspecified atom stereocenters. The molecule has 0 aromatic heterocycles. The number of carboxylic acid groups (broad SMARTS) is 1. The van der Waals surface area contributed by atoms with Crippen LogP contribution in [0.5, 0.6) is 5.75 Å².